The molecule has 0 heterocycles. The van der Waals surface area contributed by atoms with E-state index < -0.39 is 0 Å². The van der Waals surface area contributed by atoms with E-state index >= 15 is 0 Å². The summed E-state index contributed by atoms with van der Waals surface area (Å²) in [5.41, 5.74) is 9.26. The maximum atomic E-state index is 13.5. The van der Waals surface area contributed by atoms with Gasteiger partial charge in [0.25, 0.3) is 5.91 Å². The Morgan fingerprint density at radius 2 is 1.88 bits per heavy atom. The van der Waals surface area contributed by atoms with Gasteiger partial charge in [-0.25, -0.2) is 4.39 Å². The number of hydrogen-bond donors (Lipinski definition) is 3. The molecule has 1 amide bonds. The number of aryl methyl sites for hydroxylation is 1. The van der Waals surface area contributed by atoms with Gasteiger partial charge >= 0.3 is 0 Å². The van der Waals surface area contributed by atoms with E-state index in [0.29, 0.717) is 5.69 Å². The standard InChI is InChI=1S/C19H20FN3O/c20-16-10-4-6-12-18(16)21-13-19(24)23-22-17-11-5-2-8-14-7-1-3-9-15(14)17/h1,3-4,6-7,9-12,21-22H,2,5,8,13H2,(H,23,24). The van der Waals surface area contributed by atoms with E-state index in [-0.39, 0.29) is 18.3 Å². The van der Waals surface area contributed by atoms with E-state index in [0.717, 1.165) is 30.5 Å². The van der Waals surface area contributed by atoms with Crippen molar-refractivity contribution in [1.82, 2.24) is 10.9 Å². The maximum Gasteiger partial charge on any atom is 0.257 e. The topological polar surface area (TPSA) is 53.2 Å². The van der Waals surface area contributed by atoms with Crippen molar-refractivity contribution in [3.8, 4) is 0 Å². The molecule has 0 unspecified atom stereocenters. The van der Waals surface area contributed by atoms with Crippen molar-refractivity contribution in [2.45, 2.75) is 19.3 Å². The average Bonchev–Trinajstić information content (AvgIpc) is 2.81. The van der Waals surface area contributed by atoms with Crippen molar-refractivity contribution in [1.29, 1.82) is 0 Å². The van der Waals surface area contributed by atoms with Crippen LogP contribution in [-0.4, -0.2) is 12.5 Å². The number of hydrogen-bond acceptors (Lipinski definition) is 3. The number of hydrazine groups is 1. The Kier molecular flexibility index (Phi) is 5.11. The molecule has 1 aliphatic carbocycles. The third-order valence-corrected chi connectivity index (χ3v) is 3.96. The SMILES string of the molecule is O=C(CNc1ccccc1F)NNC1=CCCCc2ccccc21. The second kappa shape index (κ2) is 7.64. The van der Waals surface area contributed by atoms with Crippen LogP contribution in [0.15, 0.2) is 54.6 Å². The molecule has 24 heavy (non-hydrogen) atoms. The van der Waals surface area contributed by atoms with Crippen LogP contribution in [0.25, 0.3) is 5.70 Å². The van der Waals surface area contributed by atoms with Crippen LogP contribution in [0.5, 0.6) is 0 Å². The molecule has 4 nitrogen and oxygen atoms in total. The molecule has 2 aromatic carbocycles. The summed E-state index contributed by atoms with van der Waals surface area (Å²) >= 11 is 0. The number of anilines is 1. The number of halogens is 1. The van der Waals surface area contributed by atoms with Crippen molar-refractivity contribution in [3.05, 3.63) is 71.6 Å². The molecular weight excluding hydrogens is 305 g/mol. The lowest BCUT2D eigenvalue weighted by Gasteiger charge is -2.15. The van der Waals surface area contributed by atoms with Crippen molar-refractivity contribution >= 4 is 17.3 Å². The van der Waals surface area contributed by atoms with Gasteiger partial charge in [0, 0.05) is 5.56 Å². The number of carbonyl (C=O) groups excluding carboxylic acids is 1. The number of nitrogens with one attached hydrogen (secondary N) is 3. The van der Waals surface area contributed by atoms with E-state index in [9.17, 15) is 9.18 Å². The van der Waals surface area contributed by atoms with Crippen LogP contribution in [-0.2, 0) is 11.2 Å². The molecule has 124 valence electrons. The number of para-hydroxylation sites is 1. The van der Waals surface area contributed by atoms with Crippen molar-refractivity contribution in [3.63, 3.8) is 0 Å². The number of rotatable bonds is 5. The second-order valence-electron chi connectivity index (χ2n) is 5.67. The average molecular weight is 325 g/mol. The first-order valence-electron chi connectivity index (χ1n) is 8.06. The van der Waals surface area contributed by atoms with Crippen molar-refractivity contribution in [2.75, 3.05) is 11.9 Å². The van der Waals surface area contributed by atoms with Gasteiger partial charge in [0.2, 0.25) is 0 Å². The highest BCUT2D eigenvalue weighted by Crippen LogP contribution is 2.23. The summed E-state index contributed by atoms with van der Waals surface area (Å²) in [5, 5.41) is 2.79. The van der Waals surface area contributed by atoms with Crippen LogP contribution in [0, 0.1) is 5.82 Å². The van der Waals surface area contributed by atoms with E-state index in [1.165, 1.54) is 11.6 Å². The summed E-state index contributed by atoms with van der Waals surface area (Å²) in [4.78, 5) is 12.0. The fourth-order valence-electron chi connectivity index (χ4n) is 2.73. The molecule has 3 rings (SSSR count). The van der Waals surface area contributed by atoms with Gasteiger partial charge in [0.1, 0.15) is 5.82 Å². The largest absolute Gasteiger partial charge is 0.374 e. The van der Waals surface area contributed by atoms with Crippen LogP contribution in [0.3, 0.4) is 0 Å². The zero-order valence-corrected chi connectivity index (χ0v) is 13.3. The monoisotopic (exact) mass is 325 g/mol. The third-order valence-electron chi connectivity index (χ3n) is 3.96. The molecule has 0 saturated heterocycles. The number of amides is 1. The lowest BCUT2D eigenvalue weighted by molar-refractivity contribution is -0.120. The lowest BCUT2D eigenvalue weighted by atomic mass is 10.0. The summed E-state index contributed by atoms with van der Waals surface area (Å²) < 4.78 is 13.5. The molecule has 5 heteroatoms. The third kappa shape index (κ3) is 3.93. The van der Waals surface area contributed by atoms with E-state index in [4.69, 9.17) is 0 Å². The zero-order chi connectivity index (χ0) is 16.8. The minimum Gasteiger partial charge on any atom is -0.374 e. The van der Waals surface area contributed by atoms with Gasteiger partial charge in [-0.15, -0.1) is 0 Å². The summed E-state index contributed by atoms with van der Waals surface area (Å²) in [6.07, 6.45) is 5.17. The summed E-state index contributed by atoms with van der Waals surface area (Å²) in [6, 6.07) is 14.4. The Morgan fingerprint density at radius 1 is 1.08 bits per heavy atom. The van der Waals surface area contributed by atoms with Gasteiger partial charge in [-0.3, -0.25) is 15.6 Å². The first kappa shape index (κ1) is 16.1. The molecule has 3 N–H and O–H groups in total. The molecule has 0 radical (unpaired) electrons. The summed E-state index contributed by atoms with van der Waals surface area (Å²) in [6.45, 7) is -0.0111. The fraction of sp³-hybridized carbons (Fsp3) is 0.211. The number of benzene rings is 2. The highest BCUT2D eigenvalue weighted by molar-refractivity contribution is 5.81. The Labute approximate surface area is 140 Å². The smallest absolute Gasteiger partial charge is 0.257 e. The fourth-order valence-corrected chi connectivity index (χ4v) is 2.73. The first-order valence-corrected chi connectivity index (χ1v) is 8.06. The van der Waals surface area contributed by atoms with Crippen LogP contribution >= 0.6 is 0 Å². The maximum absolute atomic E-state index is 13.5. The van der Waals surface area contributed by atoms with Crippen LogP contribution in [0.4, 0.5) is 10.1 Å². The normalized spacial score (nSPS) is 13.3. The number of fused-ring (bicyclic) bond motifs is 1. The van der Waals surface area contributed by atoms with Gasteiger partial charge < -0.3 is 5.32 Å². The van der Waals surface area contributed by atoms with Gasteiger partial charge in [0.05, 0.1) is 17.9 Å². The highest BCUT2D eigenvalue weighted by atomic mass is 19.1. The number of carbonyl (C=O) groups is 1. The lowest BCUT2D eigenvalue weighted by Crippen LogP contribution is -2.39. The number of allylic oxidation sites excluding steroid dienone is 1. The predicted octanol–water partition coefficient (Wildman–Crippen LogP) is 3.24. The van der Waals surface area contributed by atoms with Crippen LogP contribution < -0.4 is 16.2 Å². The van der Waals surface area contributed by atoms with Crippen molar-refractivity contribution in [2.24, 2.45) is 0 Å². The highest BCUT2D eigenvalue weighted by Gasteiger charge is 2.11. The summed E-state index contributed by atoms with van der Waals surface area (Å²) in [5.74, 6) is -0.639. The predicted molar refractivity (Wildman–Crippen MR) is 93.5 cm³/mol. The van der Waals surface area contributed by atoms with E-state index in [1.807, 2.05) is 18.2 Å². The molecule has 2 aromatic rings. The molecule has 0 aromatic heterocycles. The molecular formula is C19H20FN3O. The molecule has 0 fully saturated rings. The molecule has 0 bridgehead atoms. The van der Waals surface area contributed by atoms with Crippen molar-refractivity contribution < 1.29 is 9.18 Å². The van der Waals surface area contributed by atoms with Gasteiger partial charge in [-0.2, -0.15) is 0 Å². The van der Waals surface area contributed by atoms with E-state index in [1.54, 1.807) is 18.2 Å². The zero-order valence-electron chi connectivity index (χ0n) is 13.3. The first-order chi connectivity index (χ1) is 11.7. The van der Waals surface area contributed by atoms with Gasteiger partial charge in [-0.1, -0.05) is 42.5 Å². The minimum absolute atomic E-state index is 0.0111. The van der Waals surface area contributed by atoms with E-state index in [2.05, 4.69) is 28.3 Å². The Bertz CT molecular complexity index is 758. The van der Waals surface area contributed by atoms with Gasteiger partial charge in [0.15, 0.2) is 0 Å². The van der Waals surface area contributed by atoms with Crippen LogP contribution in [0.2, 0.25) is 0 Å². The minimum atomic E-state index is -0.376. The van der Waals surface area contributed by atoms with Gasteiger partial charge in [-0.05, 0) is 37.0 Å². The Hall–Kier alpha value is -2.82. The summed E-state index contributed by atoms with van der Waals surface area (Å²) in [7, 11) is 0. The Morgan fingerprint density at radius 3 is 2.75 bits per heavy atom. The molecule has 1 aliphatic rings. The Balaban J connectivity index is 1.57. The molecule has 0 atom stereocenters. The second-order valence-corrected chi connectivity index (χ2v) is 5.67. The van der Waals surface area contributed by atoms with Crippen LogP contribution in [0.1, 0.15) is 24.0 Å². The quantitative estimate of drug-likeness (QED) is 0.740. The molecule has 0 saturated carbocycles. The molecule has 0 spiro atoms. The molecule has 0 aliphatic heterocycles.